The Morgan fingerprint density at radius 3 is 2.73 bits per heavy atom. The van der Waals surface area contributed by atoms with Gasteiger partial charge in [0.2, 0.25) is 5.82 Å². The van der Waals surface area contributed by atoms with Crippen LogP contribution in [0.3, 0.4) is 0 Å². The van der Waals surface area contributed by atoms with E-state index >= 15 is 0 Å². The van der Waals surface area contributed by atoms with Crippen LogP contribution >= 0.6 is 11.6 Å². The molecule has 0 aliphatic carbocycles. The molecule has 0 aliphatic heterocycles. The minimum Gasteiger partial charge on any atom is -0.433 e. The molecule has 0 spiro atoms. The van der Waals surface area contributed by atoms with Crippen LogP contribution in [0.4, 0.5) is 20.3 Å². The lowest BCUT2D eigenvalue weighted by Gasteiger charge is -2.07. The lowest BCUT2D eigenvalue weighted by atomic mass is 10.3. The van der Waals surface area contributed by atoms with E-state index in [9.17, 15) is 18.9 Å². The fourth-order valence-electron chi connectivity index (χ4n) is 1.57. The number of nitrogens with zero attached hydrogens (tertiary/aromatic N) is 3. The Balaban J connectivity index is 2.05. The second kappa shape index (κ2) is 6.94. The Bertz CT molecular complexity index is 670. The molecule has 0 amide bonds. The van der Waals surface area contributed by atoms with E-state index in [1.807, 2.05) is 0 Å². The summed E-state index contributed by atoms with van der Waals surface area (Å²) in [5.74, 6) is -0.0431. The fraction of sp³-hybridized carbons (Fsp3) is 0.167. The average molecular weight is 331 g/mol. The molecule has 22 heavy (non-hydrogen) atoms. The van der Waals surface area contributed by atoms with Crippen LogP contribution in [0.2, 0.25) is 5.02 Å². The van der Waals surface area contributed by atoms with Crippen LogP contribution in [0.5, 0.6) is 5.75 Å². The van der Waals surface area contributed by atoms with Gasteiger partial charge in [-0.05, 0) is 12.1 Å². The SMILES string of the molecule is O=[N+]([O-])c1cc(Cl)cnc1NCc1ccc(OC(F)F)cn1. The number of nitro groups is 1. The summed E-state index contributed by atoms with van der Waals surface area (Å²) in [6, 6.07) is 3.94. The van der Waals surface area contributed by atoms with Crippen molar-refractivity contribution in [2.75, 3.05) is 5.32 Å². The van der Waals surface area contributed by atoms with Gasteiger partial charge in [-0.2, -0.15) is 8.78 Å². The Labute approximate surface area is 128 Å². The van der Waals surface area contributed by atoms with Crippen molar-refractivity contribution in [2.24, 2.45) is 0 Å². The highest BCUT2D eigenvalue weighted by molar-refractivity contribution is 6.30. The van der Waals surface area contributed by atoms with Crippen molar-refractivity contribution in [3.63, 3.8) is 0 Å². The maximum atomic E-state index is 12.0. The van der Waals surface area contributed by atoms with Crippen LogP contribution in [0.1, 0.15) is 5.69 Å². The first-order valence-electron chi connectivity index (χ1n) is 5.89. The number of nitrogens with one attached hydrogen (secondary N) is 1. The van der Waals surface area contributed by atoms with E-state index in [4.69, 9.17) is 11.6 Å². The third kappa shape index (κ3) is 4.22. The molecule has 7 nitrogen and oxygen atoms in total. The van der Waals surface area contributed by atoms with E-state index in [-0.39, 0.29) is 28.8 Å². The first kappa shape index (κ1) is 15.8. The number of anilines is 1. The topological polar surface area (TPSA) is 90.2 Å². The number of rotatable bonds is 6. The van der Waals surface area contributed by atoms with E-state index in [1.54, 1.807) is 0 Å². The van der Waals surface area contributed by atoms with E-state index in [2.05, 4.69) is 20.0 Å². The van der Waals surface area contributed by atoms with Gasteiger partial charge < -0.3 is 10.1 Å². The zero-order valence-corrected chi connectivity index (χ0v) is 11.6. The Hall–Kier alpha value is -2.55. The zero-order chi connectivity index (χ0) is 16.1. The smallest absolute Gasteiger partial charge is 0.387 e. The van der Waals surface area contributed by atoms with Crippen molar-refractivity contribution >= 4 is 23.1 Å². The van der Waals surface area contributed by atoms with Crippen molar-refractivity contribution < 1.29 is 18.4 Å². The number of halogens is 3. The average Bonchev–Trinajstić information content (AvgIpc) is 2.46. The normalized spacial score (nSPS) is 10.5. The molecule has 0 radical (unpaired) electrons. The van der Waals surface area contributed by atoms with Gasteiger partial charge >= 0.3 is 12.3 Å². The predicted molar refractivity (Wildman–Crippen MR) is 74.1 cm³/mol. The van der Waals surface area contributed by atoms with Crippen LogP contribution in [0.15, 0.2) is 30.6 Å². The van der Waals surface area contributed by atoms with Crippen LogP contribution in [0, 0.1) is 10.1 Å². The molecule has 1 N–H and O–H groups in total. The molecule has 10 heteroatoms. The van der Waals surface area contributed by atoms with Gasteiger partial charge in [0.15, 0.2) is 0 Å². The molecule has 0 saturated carbocycles. The van der Waals surface area contributed by atoms with Crippen LogP contribution in [-0.2, 0) is 6.54 Å². The molecule has 2 rings (SSSR count). The number of ether oxygens (including phenoxy) is 1. The lowest BCUT2D eigenvalue weighted by molar-refractivity contribution is -0.384. The molecule has 0 aromatic carbocycles. The molecule has 2 aromatic heterocycles. The summed E-state index contributed by atoms with van der Waals surface area (Å²) in [6.07, 6.45) is 2.40. The molecule has 0 aliphatic rings. The van der Waals surface area contributed by atoms with E-state index in [0.717, 1.165) is 6.20 Å². The molecule has 0 unspecified atom stereocenters. The first-order valence-corrected chi connectivity index (χ1v) is 6.27. The third-order valence-electron chi connectivity index (χ3n) is 2.49. The maximum absolute atomic E-state index is 12.0. The van der Waals surface area contributed by atoms with E-state index < -0.39 is 11.5 Å². The largest absolute Gasteiger partial charge is 0.433 e. The second-order valence-electron chi connectivity index (χ2n) is 4.00. The quantitative estimate of drug-likeness (QED) is 0.646. The summed E-state index contributed by atoms with van der Waals surface area (Å²) in [5.41, 5.74) is 0.192. The Morgan fingerprint density at radius 1 is 1.36 bits per heavy atom. The maximum Gasteiger partial charge on any atom is 0.387 e. The minimum absolute atomic E-state index is 0.0316. The summed E-state index contributed by atoms with van der Waals surface area (Å²) in [5, 5.41) is 13.8. The van der Waals surface area contributed by atoms with Crippen LogP contribution in [-0.4, -0.2) is 21.5 Å². The summed E-state index contributed by atoms with van der Waals surface area (Å²) in [7, 11) is 0. The van der Waals surface area contributed by atoms with Gasteiger partial charge in [0.25, 0.3) is 0 Å². The molecule has 2 heterocycles. The van der Waals surface area contributed by atoms with Crippen molar-refractivity contribution in [1.82, 2.24) is 9.97 Å². The highest BCUT2D eigenvalue weighted by Crippen LogP contribution is 2.25. The van der Waals surface area contributed by atoms with E-state index in [0.29, 0.717) is 5.69 Å². The van der Waals surface area contributed by atoms with Gasteiger partial charge in [-0.3, -0.25) is 15.1 Å². The van der Waals surface area contributed by atoms with Gasteiger partial charge in [-0.25, -0.2) is 4.98 Å². The summed E-state index contributed by atoms with van der Waals surface area (Å²) >= 11 is 5.65. The van der Waals surface area contributed by atoms with Gasteiger partial charge in [0, 0.05) is 12.3 Å². The Morgan fingerprint density at radius 2 is 2.14 bits per heavy atom. The number of aromatic nitrogens is 2. The fourth-order valence-corrected chi connectivity index (χ4v) is 1.72. The molecule has 0 bridgehead atoms. The number of hydrogen-bond acceptors (Lipinski definition) is 6. The molecule has 0 atom stereocenters. The second-order valence-corrected chi connectivity index (χ2v) is 4.43. The molecule has 116 valence electrons. The summed E-state index contributed by atoms with van der Waals surface area (Å²) in [4.78, 5) is 18.0. The minimum atomic E-state index is -2.92. The van der Waals surface area contributed by atoms with Crippen molar-refractivity contribution in [1.29, 1.82) is 0 Å². The highest BCUT2D eigenvalue weighted by atomic mass is 35.5. The standard InChI is InChI=1S/C12H9ClF2N4O3/c13-7-3-10(19(20)21)11(17-4-7)18-5-8-1-2-9(6-16-8)22-12(14)15/h1-4,6,12H,5H2,(H,17,18). The number of alkyl halides is 2. The van der Waals surface area contributed by atoms with Gasteiger partial charge in [-0.1, -0.05) is 11.6 Å². The summed E-state index contributed by atoms with van der Waals surface area (Å²) in [6.45, 7) is -2.81. The zero-order valence-electron chi connectivity index (χ0n) is 10.9. The highest BCUT2D eigenvalue weighted by Gasteiger charge is 2.15. The monoisotopic (exact) mass is 330 g/mol. The van der Waals surface area contributed by atoms with Gasteiger partial charge in [0.1, 0.15) is 5.75 Å². The molecular formula is C12H9ClF2N4O3. The van der Waals surface area contributed by atoms with Crippen molar-refractivity contribution in [3.05, 3.63) is 51.4 Å². The van der Waals surface area contributed by atoms with E-state index in [1.165, 1.54) is 24.4 Å². The molecule has 2 aromatic rings. The van der Waals surface area contributed by atoms with Crippen LogP contribution in [0.25, 0.3) is 0 Å². The third-order valence-corrected chi connectivity index (χ3v) is 2.70. The molecule has 0 fully saturated rings. The molecular weight excluding hydrogens is 322 g/mol. The van der Waals surface area contributed by atoms with Crippen molar-refractivity contribution in [2.45, 2.75) is 13.2 Å². The number of pyridine rings is 2. The number of hydrogen-bond donors (Lipinski definition) is 1. The molecule has 0 saturated heterocycles. The van der Waals surface area contributed by atoms with Gasteiger partial charge in [-0.15, -0.1) is 0 Å². The lowest BCUT2D eigenvalue weighted by Crippen LogP contribution is -2.07. The van der Waals surface area contributed by atoms with Crippen molar-refractivity contribution in [3.8, 4) is 5.75 Å². The van der Waals surface area contributed by atoms with Gasteiger partial charge in [0.05, 0.1) is 28.4 Å². The summed E-state index contributed by atoms with van der Waals surface area (Å²) < 4.78 is 28.2. The van der Waals surface area contributed by atoms with Crippen LogP contribution < -0.4 is 10.1 Å². The first-order chi connectivity index (χ1) is 10.5. The Kier molecular flexibility index (Phi) is 4.99. The predicted octanol–water partition coefficient (Wildman–Crippen LogP) is 3.25.